The van der Waals surface area contributed by atoms with E-state index in [0.717, 1.165) is 12.3 Å². The summed E-state index contributed by atoms with van der Waals surface area (Å²) in [6.07, 6.45) is 3.56. The SMILES string of the molecule is NC(N)=N/N=C/c1c(Cl)ccc(Cl)c1Cl.NC(N)=N/N=C/c1cc(F)cc(F)c1Cl.NC(N)=N/N=C/c1cccc(Cl)c1F. The second kappa shape index (κ2) is 19.1. The van der Waals surface area contributed by atoms with Crippen LogP contribution in [0.25, 0.3) is 0 Å². The highest BCUT2D eigenvalue weighted by molar-refractivity contribution is 6.45. The second-order valence-electron chi connectivity index (χ2n) is 7.50. The van der Waals surface area contributed by atoms with Gasteiger partial charge < -0.3 is 34.4 Å². The molecule has 3 aromatic rings. The number of hydrogen-bond acceptors (Lipinski definition) is 6. The molecule has 0 saturated carbocycles. The van der Waals surface area contributed by atoms with Gasteiger partial charge in [-0.2, -0.15) is 15.3 Å². The van der Waals surface area contributed by atoms with Crippen molar-refractivity contribution in [2.24, 2.45) is 65.0 Å². The monoisotopic (exact) mass is 710 g/mol. The normalized spacial score (nSPS) is 10.5. The predicted octanol–water partition coefficient (Wildman–Crippen LogP) is 4.57. The lowest BCUT2D eigenvalue weighted by molar-refractivity contribution is 0.583. The first-order chi connectivity index (χ1) is 20.6. The number of rotatable bonds is 6. The zero-order valence-corrected chi connectivity index (χ0v) is 25.7. The Labute approximate surface area is 273 Å². The molecule has 20 heteroatoms. The molecule has 0 bridgehead atoms. The Bertz CT molecular complexity index is 1620. The van der Waals surface area contributed by atoms with E-state index in [9.17, 15) is 13.2 Å². The van der Waals surface area contributed by atoms with Crippen LogP contribution in [0.5, 0.6) is 0 Å². The fourth-order valence-electron chi connectivity index (χ4n) is 2.42. The summed E-state index contributed by atoms with van der Waals surface area (Å²) in [6.45, 7) is 0. The van der Waals surface area contributed by atoms with E-state index in [0.29, 0.717) is 26.7 Å². The van der Waals surface area contributed by atoms with Crippen LogP contribution in [0.15, 0.2) is 73.1 Å². The van der Waals surface area contributed by atoms with Crippen molar-refractivity contribution in [3.63, 3.8) is 0 Å². The standard InChI is InChI=1S/C8H7Cl3N4.C8H7ClF2N4.C8H8ClFN4/c9-5-1-2-6(10)7(11)4(5)3-14-15-8(12)13;9-7-4(3-14-15-8(12)13)1-5(10)2-6(7)11;9-6-3-1-2-5(7(6)10)4-13-14-8(11)12/h2*1-3H,(H4,12,13,15);1-4H,(H4,11,12,14)/b2*14-3+;13-4+. The molecule has 0 aromatic heterocycles. The average molecular weight is 713 g/mol. The molecule has 3 aromatic carbocycles. The highest BCUT2D eigenvalue weighted by atomic mass is 35.5. The molecule has 0 spiro atoms. The summed E-state index contributed by atoms with van der Waals surface area (Å²) in [4.78, 5) is 0. The van der Waals surface area contributed by atoms with E-state index in [1.165, 1.54) is 24.6 Å². The fourth-order valence-corrected chi connectivity index (χ4v) is 3.39. The smallest absolute Gasteiger partial charge is 0.211 e. The molecule has 0 atom stereocenters. The van der Waals surface area contributed by atoms with Crippen molar-refractivity contribution in [1.29, 1.82) is 0 Å². The van der Waals surface area contributed by atoms with Gasteiger partial charge in [0.2, 0.25) is 17.9 Å². The molecule has 3 rings (SSSR count). The molecule has 44 heavy (non-hydrogen) atoms. The Kier molecular flexibility index (Phi) is 16.4. The molecule has 0 aliphatic heterocycles. The number of halogens is 8. The third-order valence-electron chi connectivity index (χ3n) is 4.18. The van der Waals surface area contributed by atoms with Crippen LogP contribution in [0.3, 0.4) is 0 Å². The van der Waals surface area contributed by atoms with Gasteiger partial charge in [0.1, 0.15) is 11.6 Å². The summed E-state index contributed by atoms with van der Waals surface area (Å²) in [5.74, 6) is -2.79. The van der Waals surface area contributed by atoms with Gasteiger partial charge in [0, 0.05) is 22.8 Å². The quantitative estimate of drug-likeness (QED) is 0.0927. The molecule has 0 unspecified atom stereocenters. The van der Waals surface area contributed by atoms with Crippen LogP contribution in [0.1, 0.15) is 16.7 Å². The molecule has 0 radical (unpaired) electrons. The highest BCUT2D eigenvalue weighted by Gasteiger charge is 2.08. The van der Waals surface area contributed by atoms with Crippen LogP contribution in [0.4, 0.5) is 13.2 Å². The second-order valence-corrected chi connectivity index (χ2v) is 9.48. The summed E-state index contributed by atoms with van der Waals surface area (Å²) in [5.41, 5.74) is 30.9. The third kappa shape index (κ3) is 13.8. The Morgan fingerprint density at radius 1 is 0.568 bits per heavy atom. The lowest BCUT2D eigenvalue weighted by Gasteiger charge is -2.01. The Morgan fingerprint density at radius 3 is 1.61 bits per heavy atom. The van der Waals surface area contributed by atoms with Gasteiger partial charge in [0.05, 0.1) is 43.8 Å². The van der Waals surface area contributed by atoms with Crippen molar-refractivity contribution in [1.82, 2.24) is 0 Å². The zero-order chi connectivity index (χ0) is 33.4. The molecule has 0 aliphatic carbocycles. The maximum absolute atomic E-state index is 13.2. The summed E-state index contributed by atoms with van der Waals surface area (Å²) in [7, 11) is 0. The lowest BCUT2D eigenvalue weighted by atomic mass is 10.2. The minimum Gasteiger partial charge on any atom is -0.369 e. The largest absolute Gasteiger partial charge is 0.369 e. The molecule has 0 saturated heterocycles. The van der Waals surface area contributed by atoms with Crippen molar-refractivity contribution in [3.8, 4) is 0 Å². The predicted molar refractivity (Wildman–Crippen MR) is 174 cm³/mol. The Morgan fingerprint density at radius 2 is 1.07 bits per heavy atom. The molecule has 12 N–H and O–H groups in total. The van der Waals surface area contributed by atoms with E-state index in [4.69, 9.17) is 92.4 Å². The number of guanidine groups is 3. The van der Waals surface area contributed by atoms with Crippen LogP contribution < -0.4 is 34.4 Å². The van der Waals surface area contributed by atoms with E-state index >= 15 is 0 Å². The fraction of sp³-hybridized carbons (Fsp3) is 0. The summed E-state index contributed by atoms with van der Waals surface area (Å²) in [6, 6.07) is 9.41. The average Bonchev–Trinajstić information content (AvgIpc) is 2.93. The molecular weight excluding hydrogens is 691 g/mol. The van der Waals surface area contributed by atoms with Crippen molar-refractivity contribution in [2.45, 2.75) is 0 Å². The van der Waals surface area contributed by atoms with Gasteiger partial charge in [-0.25, -0.2) is 13.2 Å². The minimum absolute atomic E-state index is 0.0265. The Hall–Kier alpha value is -4.28. The molecule has 0 fully saturated rings. The van der Waals surface area contributed by atoms with Gasteiger partial charge in [0.15, 0.2) is 5.82 Å². The summed E-state index contributed by atoms with van der Waals surface area (Å²) >= 11 is 28.6. The highest BCUT2D eigenvalue weighted by Crippen LogP contribution is 2.30. The molecule has 12 nitrogen and oxygen atoms in total. The van der Waals surface area contributed by atoms with Crippen molar-refractivity contribution >= 4 is 94.5 Å². The lowest BCUT2D eigenvalue weighted by Crippen LogP contribution is -2.21. The third-order valence-corrected chi connectivity index (χ3v) is 6.02. The number of benzene rings is 3. The van der Waals surface area contributed by atoms with E-state index < -0.39 is 17.5 Å². The zero-order valence-electron chi connectivity index (χ0n) is 21.9. The van der Waals surface area contributed by atoms with E-state index in [2.05, 4.69) is 30.6 Å². The van der Waals surface area contributed by atoms with Crippen LogP contribution in [-0.2, 0) is 0 Å². The van der Waals surface area contributed by atoms with Crippen molar-refractivity contribution < 1.29 is 13.2 Å². The maximum Gasteiger partial charge on any atom is 0.211 e. The van der Waals surface area contributed by atoms with Gasteiger partial charge in [-0.05, 0) is 24.3 Å². The van der Waals surface area contributed by atoms with Crippen LogP contribution >= 0.6 is 58.0 Å². The van der Waals surface area contributed by atoms with Crippen molar-refractivity contribution in [3.05, 3.63) is 102 Å². The van der Waals surface area contributed by atoms with E-state index in [1.54, 1.807) is 18.2 Å². The number of nitrogens with two attached hydrogens (primary N) is 6. The van der Waals surface area contributed by atoms with Gasteiger partial charge >= 0.3 is 0 Å². The van der Waals surface area contributed by atoms with Gasteiger partial charge in [-0.1, -0.05) is 70.1 Å². The first-order valence-corrected chi connectivity index (χ1v) is 13.1. The first kappa shape index (κ1) is 37.7. The van der Waals surface area contributed by atoms with Crippen LogP contribution in [0.2, 0.25) is 25.1 Å². The summed E-state index contributed by atoms with van der Waals surface area (Å²) < 4.78 is 38.8. The van der Waals surface area contributed by atoms with Gasteiger partial charge in [0.25, 0.3) is 0 Å². The van der Waals surface area contributed by atoms with Gasteiger partial charge in [-0.15, -0.1) is 15.3 Å². The minimum atomic E-state index is -0.872. The van der Waals surface area contributed by atoms with Gasteiger partial charge in [-0.3, -0.25) is 0 Å². The molecule has 0 amide bonds. The Balaban J connectivity index is 0.000000330. The van der Waals surface area contributed by atoms with E-state index in [1.807, 2.05) is 0 Å². The summed E-state index contributed by atoms with van der Waals surface area (Å²) in [5, 5.41) is 21.3. The number of nitrogens with zero attached hydrogens (tertiary/aromatic N) is 6. The molecular formula is C24H22Cl5F3N12. The molecule has 0 heterocycles. The molecule has 0 aliphatic rings. The topological polar surface area (TPSA) is 230 Å². The van der Waals surface area contributed by atoms with E-state index in [-0.39, 0.29) is 39.1 Å². The maximum atomic E-state index is 13.2. The first-order valence-electron chi connectivity index (χ1n) is 11.2. The molecule has 234 valence electrons. The number of hydrogen-bond donors (Lipinski definition) is 6. The van der Waals surface area contributed by atoms with Crippen LogP contribution in [-0.4, -0.2) is 36.5 Å². The van der Waals surface area contributed by atoms with Crippen LogP contribution in [0, 0.1) is 17.5 Å². The van der Waals surface area contributed by atoms with Crippen molar-refractivity contribution in [2.75, 3.05) is 0 Å².